The minimum Gasteiger partial charge on any atom is -0.396 e. The van der Waals surface area contributed by atoms with Crippen LogP contribution in [0.15, 0.2) is 30.3 Å². The second-order valence-electron chi connectivity index (χ2n) is 4.31. The molecule has 0 saturated heterocycles. The lowest BCUT2D eigenvalue weighted by molar-refractivity contribution is 0.259. The Hall–Kier alpha value is -0.900. The summed E-state index contributed by atoms with van der Waals surface area (Å²) in [6.07, 6.45) is 1.68. The van der Waals surface area contributed by atoms with Crippen molar-refractivity contribution < 1.29 is 5.11 Å². The minimum absolute atomic E-state index is 0.154. The Bertz CT molecular complexity index is 277. The van der Waals surface area contributed by atoms with E-state index in [9.17, 15) is 0 Å². The van der Waals surface area contributed by atoms with Crippen LogP contribution in [0.3, 0.4) is 0 Å². The molecule has 0 heterocycles. The number of rotatable bonds is 7. The van der Waals surface area contributed by atoms with Gasteiger partial charge in [0, 0.05) is 25.7 Å². The molecule has 0 saturated carbocycles. The van der Waals surface area contributed by atoms with Crippen LogP contribution in [0.4, 0.5) is 0 Å². The molecule has 0 amide bonds. The molecular weight excluding hydrogens is 200 g/mol. The highest BCUT2D eigenvalue weighted by Gasteiger charge is 2.06. The van der Waals surface area contributed by atoms with Gasteiger partial charge >= 0.3 is 0 Å². The lowest BCUT2D eigenvalue weighted by Gasteiger charge is -2.21. The van der Waals surface area contributed by atoms with Gasteiger partial charge in [-0.1, -0.05) is 30.3 Å². The molecule has 0 aliphatic carbocycles. The fraction of sp³-hybridized carbons (Fsp3) is 0.538. The lowest BCUT2D eigenvalue weighted by atomic mass is 10.1. The number of likely N-dealkylation sites (N-methyl/N-ethyl adjacent to an activating group) is 1. The first-order valence-electron chi connectivity index (χ1n) is 5.81. The zero-order chi connectivity index (χ0) is 11.8. The van der Waals surface area contributed by atoms with Crippen molar-refractivity contribution in [1.82, 2.24) is 4.90 Å². The lowest BCUT2D eigenvalue weighted by Crippen LogP contribution is -2.35. The normalized spacial score (nSPS) is 13.0. The smallest absolute Gasteiger partial charge is 0.0431 e. The predicted octanol–water partition coefficient (Wildman–Crippen LogP) is 1.22. The second kappa shape index (κ2) is 7.39. The van der Waals surface area contributed by atoms with Crippen molar-refractivity contribution in [3.8, 4) is 0 Å². The quantitative estimate of drug-likeness (QED) is 0.729. The van der Waals surface area contributed by atoms with Crippen LogP contribution in [0.1, 0.15) is 18.4 Å². The molecule has 3 nitrogen and oxygen atoms in total. The Morgan fingerprint density at radius 3 is 2.62 bits per heavy atom. The van der Waals surface area contributed by atoms with E-state index in [4.69, 9.17) is 10.8 Å². The van der Waals surface area contributed by atoms with Gasteiger partial charge in [-0.3, -0.25) is 0 Å². The van der Waals surface area contributed by atoms with Crippen LogP contribution in [-0.4, -0.2) is 36.2 Å². The molecule has 0 aromatic heterocycles. The topological polar surface area (TPSA) is 49.5 Å². The summed E-state index contributed by atoms with van der Waals surface area (Å²) in [4.78, 5) is 2.22. The zero-order valence-corrected chi connectivity index (χ0v) is 9.97. The predicted molar refractivity (Wildman–Crippen MR) is 67.1 cm³/mol. The van der Waals surface area contributed by atoms with Crippen LogP contribution in [0.25, 0.3) is 0 Å². The van der Waals surface area contributed by atoms with Gasteiger partial charge in [-0.2, -0.15) is 0 Å². The highest BCUT2D eigenvalue weighted by Crippen LogP contribution is 2.04. The van der Waals surface area contributed by atoms with Crippen LogP contribution >= 0.6 is 0 Å². The number of hydrogen-bond acceptors (Lipinski definition) is 3. The molecular formula is C13H22N2O. The van der Waals surface area contributed by atoms with Crippen LogP contribution < -0.4 is 5.73 Å². The van der Waals surface area contributed by atoms with Gasteiger partial charge in [-0.15, -0.1) is 0 Å². The number of hydrogen-bond donors (Lipinski definition) is 2. The molecule has 0 spiro atoms. The monoisotopic (exact) mass is 222 g/mol. The molecule has 16 heavy (non-hydrogen) atoms. The van der Waals surface area contributed by atoms with Crippen molar-refractivity contribution in [3.63, 3.8) is 0 Å². The molecule has 1 aromatic rings. The summed E-state index contributed by atoms with van der Waals surface area (Å²) >= 11 is 0. The maximum atomic E-state index is 8.72. The Balaban J connectivity index is 2.27. The van der Waals surface area contributed by atoms with Gasteiger partial charge in [0.1, 0.15) is 0 Å². The molecule has 0 fully saturated rings. The van der Waals surface area contributed by atoms with E-state index in [2.05, 4.69) is 36.2 Å². The first-order valence-corrected chi connectivity index (χ1v) is 5.81. The summed E-state index contributed by atoms with van der Waals surface area (Å²) < 4.78 is 0. The molecule has 0 radical (unpaired) electrons. The molecule has 0 aliphatic rings. The SMILES string of the molecule is CN(Cc1ccccc1)C[C@@H](N)CCCO. The third-order valence-electron chi connectivity index (χ3n) is 2.57. The maximum absolute atomic E-state index is 8.72. The van der Waals surface area contributed by atoms with E-state index in [1.165, 1.54) is 5.56 Å². The van der Waals surface area contributed by atoms with Gasteiger partial charge in [0.2, 0.25) is 0 Å². The van der Waals surface area contributed by atoms with E-state index in [0.717, 1.165) is 25.9 Å². The summed E-state index contributed by atoms with van der Waals surface area (Å²) in [5.41, 5.74) is 7.27. The third kappa shape index (κ3) is 5.26. The minimum atomic E-state index is 0.154. The number of nitrogens with two attached hydrogens (primary N) is 1. The molecule has 3 N–H and O–H groups in total. The summed E-state index contributed by atoms with van der Waals surface area (Å²) in [5, 5.41) is 8.72. The fourth-order valence-corrected chi connectivity index (χ4v) is 1.80. The molecule has 0 aliphatic heterocycles. The number of aliphatic hydroxyl groups excluding tert-OH is 1. The first kappa shape index (κ1) is 13.2. The molecule has 0 bridgehead atoms. The first-order chi connectivity index (χ1) is 7.72. The Morgan fingerprint density at radius 1 is 1.31 bits per heavy atom. The standard InChI is InChI=1S/C13H22N2O/c1-15(11-13(14)8-5-9-16)10-12-6-3-2-4-7-12/h2-4,6-7,13,16H,5,8-11,14H2,1H3/t13-/m0/s1. The number of aliphatic hydroxyl groups is 1. The van der Waals surface area contributed by atoms with Crippen molar-refractivity contribution in [1.29, 1.82) is 0 Å². The average Bonchev–Trinajstić information content (AvgIpc) is 2.27. The van der Waals surface area contributed by atoms with E-state index >= 15 is 0 Å². The molecule has 90 valence electrons. The zero-order valence-electron chi connectivity index (χ0n) is 9.97. The summed E-state index contributed by atoms with van der Waals surface area (Å²) in [7, 11) is 2.08. The second-order valence-corrected chi connectivity index (χ2v) is 4.31. The molecule has 1 aromatic carbocycles. The Kier molecular flexibility index (Phi) is 6.08. The Morgan fingerprint density at radius 2 is 2.00 bits per heavy atom. The van der Waals surface area contributed by atoms with Crippen LogP contribution in [0, 0.1) is 0 Å². The molecule has 1 rings (SSSR count). The van der Waals surface area contributed by atoms with E-state index in [1.807, 2.05) is 6.07 Å². The highest BCUT2D eigenvalue weighted by molar-refractivity contribution is 5.14. The number of nitrogens with zero attached hydrogens (tertiary/aromatic N) is 1. The van der Waals surface area contributed by atoms with Gasteiger partial charge in [-0.05, 0) is 25.5 Å². The van der Waals surface area contributed by atoms with Crippen LogP contribution in [-0.2, 0) is 6.54 Å². The van der Waals surface area contributed by atoms with Gasteiger partial charge in [0.25, 0.3) is 0 Å². The van der Waals surface area contributed by atoms with Crippen molar-refractivity contribution in [2.45, 2.75) is 25.4 Å². The van der Waals surface area contributed by atoms with E-state index in [1.54, 1.807) is 0 Å². The molecule has 1 atom stereocenters. The third-order valence-corrected chi connectivity index (χ3v) is 2.57. The highest BCUT2D eigenvalue weighted by atomic mass is 16.2. The van der Waals surface area contributed by atoms with Crippen molar-refractivity contribution >= 4 is 0 Å². The van der Waals surface area contributed by atoms with Gasteiger partial charge in [0.05, 0.1) is 0 Å². The van der Waals surface area contributed by atoms with Crippen molar-refractivity contribution in [3.05, 3.63) is 35.9 Å². The maximum Gasteiger partial charge on any atom is 0.0431 e. The van der Waals surface area contributed by atoms with E-state index in [0.29, 0.717) is 0 Å². The summed E-state index contributed by atoms with van der Waals surface area (Å²) in [5.74, 6) is 0. The Labute approximate surface area is 97.9 Å². The summed E-state index contributed by atoms with van der Waals surface area (Å²) in [6.45, 7) is 2.03. The van der Waals surface area contributed by atoms with Crippen LogP contribution in [0.2, 0.25) is 0 Å². The van der Waals surface area contributed by atoms with Gasteiger partial charge in [-0.25, -0.2) is 0 Å². The molecule has 3 heteroatoms. The largest absolute Gasteiger partial charge is 0.396 e. The molecule has 0 unspecified atom stereocenters. The van der Waals surface area contributed by atoms with E-state index in [-0.39, 0.29) is 12.6 Å². The van der Waals surface area contributed by atoms with Crippen LogP contribution in [0.5, 0.6) is 0 Å². The van der Waals surface area contributed by atoms with Crippen molar-refractivity contribution in [2.24, 2.45) is 5.73 Å². The van der Waals surface area contributed by atoms with E-state index < -0.39 is 0 Å². The number of benzene rings is 1. The van der Waals surface area contributed by atoms with Crippen molar-refractivity contribution in [2.75, 3.05) is 20.2 Å². The fourth-order valence-electron chi connectivity index (χ4n) is 1.80. The van der Waals surface area contributed by atoms with Gasteiger partial charge in [0.15, 0.2) is 0 Å². The van der Waals surface area contributed by atoms with Gasteiger partial charge < -0.3 is 15.7 Å². The summed E-state index contributed by atoms with van der Waals surface area (Å²) in [6, 6.07) is 10.5. The average molecular weight is 222 g/mol.